The van der Waals surface area contributed by atoms with E-state index in [9.17, 15) is 14.4 Å². The van der Waals surface area contributed by atoms with Crippen molar-refractivity contribution in [2.24, 2.45) is 5.92 Å². The van der Waals surface area contributed by atoms with E-state index in [0.717, 1.165) is 12.3 Å². The molecule has 1 heterocycles. The van der Waals surface area contributed by atoms with E-state index in [4.69, 9.17) is 9.52 Å². The van der Waals surface area contributed by atoms with E-state index >= 15 is 0 Å². The molecule has 7 nitrogen and oxygen atoms in total. The molecule has 2 rings (SSSR count). The highest BCUT2D eigenvalue weighted by Gasteiger charge is 2.16. The molecule has 1 aromatic heterocycles. The number of hydrogen-bond acceptors (Lipinski definition) is 4. The highest BCUT2D eigenvalue weighted by atomic mass is 16.4. The second-order valence-electron chi connectivity index (χ2n) is 6.09. The zero-order valence-corrected chi connectivity index (χ0v) is 14.3. The predicted octanol–water partition coefficient (Wildman–Crippen LogP) is 2.92. The van der Waals surface area contributed by atoms with Crippen molar-refractivity contribution in [1.29, 1.82) is 0 Å². The van der Waals surface area contributed by atoms with Gasteiger partial charge in [-0.15, -0.1) is 0 Å². The lowest BCUT2D eigenvalue weighted by molar-refractivity contribution is 0.0695. The Kier molecular flexibility index (Phi) is 5.59. The van der Waals surface area contributed by atoms with Crippen molar-refractivity contribution < 1.29 is 23.9 Å². The van der Waals surface area contributed by atoms with Gasteiger partial charge in [0, 0.05) is 23.9 Å². The number of carboxylic acid groups (broad SMARTS) is 1. The highest BCUT2D eigenvalue weighted by Crippen LogP contribution is 2.18. The molecule has 0 saturated heterocycles. The number of hydrogen-bond donors (Lipinski definition) is 3. The zero-order valence-electron chi connectivity index (χ0n) is 14.3. The lowest BCUT2D eigenvalue weighted by Gasteiger charge is -2.11. The first-order chi connectivity index (χ1) is 11.8. The highest BCUT2D eigenvalue weighted by molar-refractivity contribution is 6.04. The van der Waals surface area contributed by atoms with Crippen LogP contribution < -0.4 is 10.6 Å². The fraction of sp³-hybridized carbons (Fsp3) is 0.278. The molecule has 0 aliphatic heterocycles. The molecule has 132 valence electrons. The van der Waals surface area contributed by atoms with Crippen molar-refractivity contribution in [2.75, 3.05) is 11.9 Å². The van der Waals surface area contributed by atoms with Gasteiger partial charge in [-0.1, -0.05) is 13.8 Å². The van der Waals surface area contributed by atoms with E-state index in [2.05, 4.69) is 10.6 Å². The maximum Gasteiger partial charge on any atom is 0.338 e. The summed E-state index contributed by atoms with van der Waals surface area (Å²) in [4.78, 5) is 35.0. The molecule has 0 fully saturated rings. The summed E-state index contributed by atoms with van der Waals surface area (Å²) in [6, 6.07) is 6.07. The van der Waals surface area contributed by atoms with Crippen LogP contribution in [0, 0.1) is 12.8 Å². The normalized spacial score (nSPS) is 10.6. The van der Waals surface area contributed by atoms with Crippen LogP contribution >= 0.6 is 0 Å². The number of carbonyl (C=O) groups is 3. The van der Waals surface area contributed by atoms with Gasteiger partial charge < -0.3 is 20.2 Å². The third-order valence-electron chi connectivity index (χ3n) is 3.48. The van der Waals surface area contributed by atoms with Crippen molar-refractivity contribution in [1.82, 2.24) is 5.32 Å². The van der Waals surface area contributed by atoms with E-state index in [-0.39, 0.29) is 17.2 Å². The molecule has 0 spiro atoms. The van der Waals surface area contributed by atoms with Gasteiger partial charge in [-0.2, -0.15) is 0 Å². The molecule has 0 saturated carbocycles. The summed E-state index contributed by atoms with van der Waals surface area (Å²) in [7, 11) is 0. The number of rotatable bonds is 6. The van der Waals surface area contributed by atoms with Gasteiger partial charge in [-0.25, -0.2) is 4.79 Å². The maximum atomic E-state index is 12.1. The van der Waals surface area contributed by atoms with Gasteiger partial charge in [0.25, 0.3) is 11.8 Å². The Morgan fingerprint density at radius 1 is 1.12 bits per heavy atom. The monoisotopic (exact) mass is 344 g/mol. The molecule has 0 bridgehead atoms. The molecule has 0 aliphatic rings. The van der Waals surface area contributed by atoms with Gasteiger partial charge in [-0.05, 0) is 36.6 Å². The largest absolute Gasteiger partial charge is 0.478 e. The molecular formula is C18H20N2O5. The van der Waals surface area contributed by atoms with Crippen LogP contribution in [0.5, 0.6) is 0 Å². The lowest BCUT2D eigenvalue weighted by Crippen LogP contribution is -2.27. The first kappa shape index (κ1) is 18.3. The predicted molar refractivity (Wildman–Crippen MR) is 92.0 cm³/mol. The molecule has 7 heteroatoms. The molecule has 0 unspecified atom stereocenters. The Labute approximate surface area is 145 Å². The van der Waals surface area contributed by atoms with E-state index in [0.29, 0.717) is 29.3 Å². The number of nitrogens with one attached hydrogen (secondary N) is 2. The number of aryl methyl sites for hydroxylation is 1. The topological polar surface area (TPSA) is 109 Å². The Bertz CT molecular complexity index is 808. The number of benzene rings is 1. The number of aromatic carboxylic acids is 1. The molecule has 3 N–H and O–H groups in total. The number of furan rings is 1. The van der Waals surface area contributed by atoms with Crippen LogP contribution in [0.4, 0.5) is 5.69 Å². The quantitative estimate of drug-likeness (QED) is 0.746. The van der Waals surface area contributed by atoms with Crippen molar-refractivity contribution in [3.05, 3.63) is 53.0 Å². The zero-order chi connectivity index (χ0) is 18.6. The molecule has 0 atom stereocenters. The summed E-state index contributed by atoms with van der Waals surface area (Å²) in [6.45, 7) is 6.36. The van der Waals surface area contributed by atoms with Crippen LogP contribution in [0.2, 0.25) is 0 Å². The summed E-state index contributed by atoms with van der Waals surface area (Å²) >= 11 is 0. The van der Waals surface area contributed by atoms with Gasteiger partial charge >= 0.3 is 5.97 Å². The summed E-state index contributed by atoms with van der Waals surface area (Å²) in [6.07, 6.45) is 1.01. The van der Waals surface area contributed by atoms with Gasteiger partial charge in [-0.3, -0.25) is 9.59 Å². The summed E-state index contributed by atoms with van der Waals surface area (Å²) < 4.78 is 4.96. The second kappa shape index (κ2) is 7.65. The second-order valence-corrected chi connectivity index (χ2v) is 6.09. The van der Waals surface area contributed by atoms with Crippen molar-refractivity contribution in [3.8, 4) is 0 Å². The summed E-state index contributed by atoms with van der Waals surface area (Å²) in [5.74, 6) is -1.65. The molecule has 2 aromatic rings. The SMILES string of the molecule is Cc1cc(C(=O)NCC(C)C)ccc1NC(=O)c1cc(C(=O)O)co1. The van der Waals surface area contributed by atoms with Gasteiger partial charge in [0.15, 0.2) is 5.76 Å². The Hall–Kier alpha value is -3.09. The van der Waals surface area contributed by atoms with Crippen LogP contribution in [0.1, 0.15) is 50.7 Å². The van der Waals surface area contributed by atoms with Crippen LogP contribution in [-0.4, -0.2) is 29.4 Å². The fourth-order valence-electron chi connectivity index (χ4n) is 2.10. The van der Waals surface area contributed by atoms with Crippen LogP contribution in [-0.2, 0) is 0 Å². The molecular weight excluding hydrogens is 324 g/mol. The first-order valence-corrected chi connectivity index (χ1v) is 7.80. The number of amides is 2. The Morgan fingerprint density at radius 3 is 2.40 bits per heavy atom. The number of carbonyl (C=O) groups excluding carboxylic acids is 2. The third-order valence-corrected chi connectivity index (χ3v) is 3.48. The minimum Gasteiger partial charge on any atom is -0.478 e. The number of carboxylic acids is 1. The van der Waals surface area contributed by atoms with Gasteiger partial charge in [0.05, 0.1) is 5.56 Å². The fourth-order valence-corrected chi connectivity index (χ4v) is 2.10. The average molecular weight is 344 g/mol. The van der Waals surface area contributed by atoms with Crippen LogP contribution in [0.15, 0.2) is 34.9 Å². The van der Waals surface area contributed by atoms with Crippen LogP contribution in [0.25, 0.3) is 0 Å². The standard InChI is InChI=1S/C18H20N2O5/c1-10(2)8-19-16(21)12-4-5-14(11(3)6-12)20-17(22)15-7-13(9-25-15)18(23)24/h4-7,9-10H,8H2,1-3H3,(H,19,21)(H,20,22)(H,23,24). The average Bonchev–Trinajstić information content (AvgIpc) is 3.04. The molecule has 0 radical (unpaired) electrons. The lowest BCUT2D eigenvalue weighted by atomic mass is 10.1. The summed E-state index contributed by atoms with van der Waals surface area (Å²) in [5, 5.41) is 14.3. The van der Waals surface area contributed by atoms with E-state index in [1.807, 2.05) is 13.8 Å². The molecule has 1 aromatic carbocycles. The first-order valence-electron chi connectivity index (χ1n) is 7.80. The van der Waals surface area contributed by atoms with E-state index < -0.39 is 11.9 Å². The van der Waals surface area contributed by atoms with E-state index in [1.54, 1.807) is 25.1 Å². The third kappa shape index (κ3) is 4.69. The van der Waals surface area contributed by atoms with Gasteiger partial charge in [0.1, 0.15) is 6.26 Å². The molecule has 2 amide bonds. The Morgan fingerprint density at radius 2 is 1.84 bits per heavy atom. The summed E-state index contributed by atoms with van der Waals surface area (Å²) in [5.41, 5.74) is 1.62. The maximum absolute atomic E-state index is 12.1. The van der Waals surface area contributed by atoms with Crippen LogP contribution in [0.3, 0.4) is 0 Å². The number of anilines is 1. The van der Waals surface area contributed by atoms with Gasteiger partial charge in [0.2, 0.25) is 0 Å². The molecule has 0 aliphatic carbocycles. The van der Waals surface area contributed by atoms with E-state index in [1.165, 1.54) is 0 Å². The minimum absolute atomic E-state index is 0.0981. The Balaban J connectivity index is 2.08. The molecule has 25 heavy (non-hydrogen) atoms. The van der Waals surface area contributed by atoms with Crippen molar-refractivity contribution >= 4 is 23.5 Å². The minimum atomic E-state index is -1.17. The smallest absolute Gasteiger partial charge is 0.338 e. The van der Waals surface area contributed by atoms with Crippen molar-refractivity contribution in [3.63, 3.8) is 0 Å². The van der Waals surface area contributed by atoms with Crippen molar-refractivity contribution in [2.45, 2.75) is 20.8 Å².